The average Bonchev–Trinajstić information content (AvgIpc) is 3.50. The quantitative estimate of drug-likeness (QED) is 0.249. The van der Waals surface area contributed by atoms with Crippen molar-refractivity contribution in [3.05, 3.63) is 104 Å². The molecule has 0 spiro atoms. The van der Waals surface area contributed by atoms with Crippen LogP contribution in [-0.2, 0) is 0 Å². The van der Waals surface area contributed by atoms with Crippen LogP contribution < -0.4 is 10.6 Å². The largest absolute Gasteiger partial charge is 0.354 e. The molecule has 6 aromatic rings. The van der Waals surface area contributed by atoms with Gasteiger partial charge < -0.3 is 15.5 Å². The van der Waals surface area contributed by atoms with Gasteiger partial charge in [0, 0.05) is 56.2 Å². The number of hydrogen-bond acceptors (Lipinski definition) is 7. The highest BCUT2D eigenvalue weighted by Crippen LogP contribution is 2.26. The fourth-order valence-corrected chi connectivity index (χ4v) is 5.81. The Morgan fingerprint density at radius 1 is 0.909 bits per heavy atom. The first-order valence-electron chi connectivity index (χ1n) is 14.8. The molecule has 10 nitrogen and oxygen atoms in total. The van der Waals surface area contributed by atoms with E-state index in [0.717, 1.165) is 57.4 Å². The number of amides is 2. The molecule has 220 valence electrons. The second-order valence-electron chi connectivity index (χ2n) is 11.0. The van der Waals surface area contributed by atoms with Crippen molar-refractivity contribution in [2.24, 2.45) is 0 Å². The summed E-state index contributed by atoms with van der Waals surface area (Å²) in [5.41, 5.74) is 4.89. The van der Waals surface area contributed by atoms with Gasteiger partial charge in [0.25, 0.3) is 0 Å². The molecule has 1 aliphatic heterocycles. The Balaban J connectivity index is 0.983. The fourth-order valence-electron chi connectivity index (χ4n) is 5.81. The molecule has 0 aliphatic carbocycles. The van der Waals surface area contributed by atoms with Crippen LogP contribution in [-0.4, -0.2) is 79.6 Å². The molecule has 0 radical (unpaired) electrons. The third-order valence-electron chi connectivity index (χ3n) is 8.30. The van der Waals surface area contributed by atoms with Crippen molar-refractivity contribution in [1.29, 1.82) is 0 Å². The van der Waals surface area contributed by atoms with Gasteiger partial charge in [-0.1, -0.05) is 42.5 Å². The molecule has 7 rings (SSSR count). The summed E-state index contributed by atoms with van der Waals surface area (Å²) < 4.78 is 1.97. The fraction of sp³-hybridized carbons (Fsp3) is 0.206. The first-order valence-corrected chi connectivity index (χ1v) is 14.8. The molecule has 2 amide bonds. The first-order chi connectivity index (χ1) is 21.6. The lowest BCUT2D eigenvalue weighted by atomic mass is 10.1. The summed E-state index contributed by atoms with van der Waals surface area (Å²) in [6.45, 7) is 2.83. The smallest absolute Gasteiger partial charge is 0.321 e. The molecular weight excluding hydrogens is 550 g/mol. The summed E-state index contributed by atoms with van der Waals surface area (Å²) in [6.07, 6.45) is 7.98. The molecule has 1 atom stereocenters. The normalized spacial score (nSPS) is 15.5. The van der Waals surface area contributed by atoms with E-state index < -0.39 is 0 Å². The predicted octanol–water partition coefficient (Wildman–Crippen LogP) is 5.68. The number of anilines is 2. The van der Waals surface area contributed by atoms with Crippen molar-refractivity contribution in [2.45, 2.75) is 12.5 Å². The summed E-state index contributed by atoms with van der Waals surface area (Å²) in [5, 5.41) is 8.68. The summed E-state index contributed by atoms with van der Waals surface area (Å²) in [6, 6.07) is 26.3. The van der Waals surface area contributed by atoms with Crippen LogP contribution >= 0.6 is 0 Å². The third kappa shape index (κ3) is 5.67. The molecule has 3 aromatic heterocycles. The van der Waals surface area contributed by atoms with E-state index in [4.69, 9.17) is 4.98 Å². The molecule has 1 saturated heterocycles. The number of likely N-dealkylation sites (N-methyl/N-ethyl adjacent to an activating group) is 1. The van der Waals surface area contributed by atoms with Crippen molar-refractivity contribution in [2.75, 3.05) is 43.9 Å². The van der Waals surface area contributed by atoms with Gasteiger partial charge in [0.05, 0.1) is 16.7 Å². The lowest BCUT2D eigenvalue weighted by Crippen LogP contribution is -2.54. The minimum atomic E-state index is -0.0658. The highest BCUT2D eigenvalue weighted by Gasteiger charge is 2.27. The zero-order valence-corrected chi connectivity index (χ0v) is 24.5. The van der Waals surface area contributed by atoms with E-state index in [1.165, 1.54) is 0 Å². The number of aromatic nitrogens is 5. The highest BCUT2D eigenvalue weighted by atomic mass is 16.2. The van der Waals surface area contributed by atoms with Crippen molar-refractivity contribution in [3.63, 3.8) is 0 Å². The lowest BCUT2D eigenvalue weighted by Gasteiger charge is -2.39. The Morgan fingerprint density at radius 2 is 1.77 bits per heavy atom. The minimum Gasteiger partial charge on any atom is -0.354 e. The van der Waals surface area contributed by atoms with Crippen molar-refractivity contribution in [1.82, 2.24) is 34.3 Å². The number of hydrogen-bond donors (Lipinski definition) is 2. The molecule has 2 N–H and O–H groups in total. The lowest BCUT2D eigenvalue weighted by molar-refractivity contribution is 0.113. The zero-order chi connectivity index (χ0) is 29.9. The van der Waals surface area contributed by atoms with E-state index in [1.807, 2.05) is 58.0 Å². The Morgan fingerprint density at radius 3 is 2.68 bits per heavy atom. The van der Waals surface area contributed by atoms with Gasteiger partial charge in [-0.3, -0.25) is 14.5 Å². The molecule has 1 unspecified atom stereocenters. The van der Waals surface area contributed by atoms with E-state index in [1.54, 1.807) is 24.9 Å². The van der Waals surface area contributed by atoms with E-state index in [0.29, 0.717) is 25.6 Å². The molecule has 4 heterocycles. The van der Waals surface area contributed by atoms with Gasteiger partial charge >= 0.3 is 6.03 Å². The standard InChI is InChI=1S/C34H33N9O/c1-41-19-20-42(34(44)39-29-8-4-6-25-5-2-3-7-28(25)29)22-27(41)13-17-36-33-37-18-14-32(40-33)43-23-38-30-21-26(9-10-31(30)43)24-11-15-35-16-12-24/h2-12,14-16,18,21,23,27H,13,17,19-20,22H2,1H3,(H,39,44)(H,36,37,40). The number of piperazine rings is 1. The number of carbonyl (C=O) groups excluding carboxylic acids is 1. The van der Waals surface area contributed by atoms with Crippen LogP contribution in [0.5, 0.6) is 0 Å². The number of pyridine rings is 1. The number of rotatable bonds is 7. The summed E-state index contributed by atoms with van der Waals surface area (Å²) in [7, 11) is 2.12. The number of imidazole rings is 1. The van der Waals surface area contributed by atoms with E-state index in [9.17, 15) is 4.79 Å². The second-order valence-corrected chi connectivity index (χ2v) is 11.0. The number of nitrogens with zero attached hydrogens (tertiary/aromatic N) is 7. The van der Waals surface area contributed by atoms with E-state index in [-0.39, 0.29) is 12.1 Å². The van der Waals surface area contributed by atoms with Crippen LogP contribution in [0.1, 0.15) is 6.42 Å². The monoisotopic (exact) mass is 583 g/mol. The molecule has 1 aliphatic rings. The molecule has 1 fully saturated rings. The van der Waals surface area contributed by atoms with Gasteiger partial charge in [-0.05, 0) is 66.4 Å². The van der Waals surface area contributed by atoms with Crippen molar-refractivity contribution in [3.8, 4) is 16.9 Å². The zero-order valence-electron chi connectivity index (χ0n) is 24.5. The topological polar surface area (TPSA) is 104 Å². The van der Waals surface area contributed by atoms with Gasteiger partial charge in [-0.2, -0.15) is 4.98 Å². The Kier molecular flexibility index (Phi) is 7.56. The minimum absolute atomic E-state index is 0.0658. The maximum absolute atomic E-state index is 13.2. The number of nitrogens with one attached hydrogen (secondary N) is 2. The molecule has 44 heavy (non-hydrogen) atoms. The Hall–Kier alpha value is -5.35. The number of carbonyl (C=O) groups is 1. The van der Waals surface area contributed by atoms with Crippen LogP contribution in [0.2, 0.25) is 0 Å². The van der Waals surface area contributed by atoms with E-state index in [2.05, 4.69) is 67.9 Å². The van der Waals surface area contributed by atoms with Crippen molar-refractivity contribution < 1.29 is 4.79 Å². The van der Waals surface area contributed by atoms with Crippen LogP contribution in [0.25, 0.3) is 38.8 Å². The van der Waals surface area contributed by atoms with Gasteiger partial charge in [-0.25, -0.2) is 14.8 Å². The number of urea groups is 1. The molecule has 3 aromatic carbocycles. The molecule has 0 saturated carbocycles. The maximum atomic E-state index is 13.2. The molecule has 10 heteroatoms. The van der Waals surface area contributed by atoms with Gasteiger partial charge in [0.2, 0.25) is 5.95 Å². The maximum Gasteiger partial charge on any atom is 0.321 e. The van der Waals surface area contributed by atoms with Gasteiger partial charge in [0.15, 0.2) is 0 Å². The summed E-state index contributed by atoms with van der Waals surface area (Å²) in [5.74, 6) is 1.30. The SMILES string of the molecule is CN1CCN(C(=O)Nc2cccc3ccccc23)CC1CCNc1nccc(-n2cnc3cc(-c4ccncc4)ccc32)n1. The van der Waals surface area contributed by atoms with Gasteiger partial charge in [0.1, 0.15) is 12.1 Å². The van der Waals surface area contributed by atoms with Gasteiger partial charge in [-0.15, -0.1) is 0 Å². The van der Waals surface area contributed by atoms with Crippen LogP contribution in [0, 0.1) is 0 Å². The summed E-state index contributed by atoms with van der Waals surface area (Å²) in [4.78, 5) is 35.4. The second kappa shape index (κ2) is 12.1. The van der Waals surface area contributed by atoms with Crippen LogP contribution in [0.15, 0.2) is 104 Å². The summed E-state index contributed by atoms with van der Waals surface area (Å²) >= 11 is 0. The van der Waals surface area contributed by atoms with E-state index >= 15 is 0 Å². The molecular formula is C34H33N9O. The van der Waals surface area contributed by atoms with Crippen LogP contribution in [0.4, 0.5) is 16.4 Å². The Labute approximate surface area is 255 Å². The number of benzene rings is 3. The Bertz CT molecular complexity index is 1920. The molecule has 0 bridgehead atoms. The average molecular weight is 584 g/mol. The third-order valence-corrected chi connectivity index (χ3v) is 8.30. The van der Waals surface area contributed by atoms with Crippen LogP contribution in [0.3, 0.4) is 0 Å². The predicted molar refractivity (Wildman–Crippen MR) is 174 cm³/mol. The number of fused-ring (bicyclic) bond motifs is 2. The highest BCUT2D eigenvalue weighted by molar-refractivity contribution is 6.01. The van der Waals surface area contributed by atoms with Crippen molar-refractivity contribution >= 4 is 39.5 Å². The first kappa shape index (κ1) is 27.5.